The van der Waals surface area contributed by atoms with Crippen molar-refractivity contribution < 1.29 is 4.92 Å². The summed E-state index contributed by atoms with van der Waals surface area (Å²) in [4.78, 5) is 10.6. The Morgan fingerprint density at radius 3 is 2.58 bits per heavy atom. The van der Waals surface area contributed by atoms with Crippen LogP contribution in [0, 0.1) is 17.0 Å². The topological polar surface area (TPSA) is 55.2 Å². The minimum absolute atomic E-state index is 0.132. The van der Waals surface area contributed by atoms with Crippen molar-refractivity contribution in [1.29, 1.82) is 0 Å². The third-order valence-corrected chi connectivity index (χ3v) is 2.92. The zero-order chi connectivity index (χ0) is 13.7. The minimum atomic E-state index is -0.349. The third kappa shape index (κ3) is 3.55. The maximum Gasteiger partial charge on any atom is 0.292 e. The fraction of sp³-hybridized carbons (Fsp3) is 0.200. The molecule has 0 atom stereocenters. The smallest absolute Gasteiger partial charge is 0.292 e. The van der Waals surface area contributed by atoms with Crippen molar-refractivity contribution in [2.24, 2.45) is 0 Å². The summed E-state index contributed by atoms with van der Waals surface area (Å²) >= 11 is 0. The predicted octanol–water partition coefficient (Wildman–Crippen LogP) is 3.56. The van der Waals surface area contributed by atoms with E-state index in [4.69, 9.17) is 0 Å². The van der Waals surface area contributed by atoms with Gasteiger partial charge >= 0.3 is 0 Å². The minimum Gasteiger partial charge on any atom is -0.379 e. The molecule has 0 aliphatic carbocycles. The van der Waals surface area contributed by atoms with Crippen LogP contribution in [0.5, 0.6) is 0 Å². The van der Waals surface area contributed by atoms with Crippen LogP contribution in [0.25, 0.3) is 0 Å². The van der Waals surface area contributed by atoms with Crippen molar-refractivity contribution in [3.8, 4) is 0 Å². The maximum absolute atomic E-state index is 11.0. The van der Waals surface area contributed by atoms with E-state index >= 15 is 0 Å². The van der Waals surface area contributed by atoms with Crippen LogP contribution < -0.4 is 5.32 Å². The summed E-state index contributed by atoms with van der Waals surface area (Å²) in [6, 6.07) is 15.3. The van der Waals surface area contributed by atoms with Gasteiger partial charge < -0.3 is 5.32 Å². The highest BCUT2D eigenvalue weighted by molar-refractivity contribution is 5.62. The summed E-state index contributed by atoms with van der Waals surface area (Å²) in [7, 11) is 0. The van der Waals surface area contributed by atoms with Gasteiger partial charge in [0.1, 0.15) is 5.69 Å². The Kier molecular flexibility index (Phi) is 4.13. The van der Waals surface area contributed by atoms with E-state index in [-0.39, 0.29) is 10.6 Å². The first-order valence-corrected chi connectivity index (χ1v) is 6.19. The Labute approximate surface area is 112 Å². The molecule has 4 heteroatoms. The molecule has 19 heavy (non-hydrogen) atoms. The van der Waals surface area contributed by atoms with Gasteiger partial charge in [-0.25, -0.2) is 0 Å². The van der Waals surface area contributed by atoms with E-state index in [1.54, 1.807) is 12.1 Å². The summed E-state index contributed by atoms with van der Waals surface area (Å²) in [6.07, 6.45) is 0.839. The predicted molar refractivity (Wildman–Crippen MR) is 76.5 cm³/mol. The molecule has 0 unspecified atom stereocenters. The van der Waals surface area contributed by atoms with E-state index in [1.807, 2.05) is 43.3 Å². The van der Waals surface area contributed by atoms with Gasteiger partial charge in [0.2, 0.25) is 0 Å². The van der Waals surface area contributed by atoms with Gasteiger partial charge in [0.25, 0.3) is 5.69 Å². The standard InChI is InChI=1S/C15H16N2O2/c1-12-7-8-14(15(11-12)17(18)19)16-10-9-13-5-3-2-4-6-13/h2-8,11,16H,9-10H2,1H3. The number of aryl methyl sites for hydroxylation is 1. The number of benzene rings is 2. The van der Waals surface area contributed by atoms with Gasteiger partial charge in [0.15, 0.2) is 0 Å². The van der Waals surface area contributed by atoms with Crippen molar-refractivity contribution in [2.45, 2.75) is 13.3 Å². The van der Waals surface area contributed by atoms with Crippen molar-refractivity contribution >= 4 is 11.4 Å². The number of rotatable bonds is 5. The Morgan fingerprint density at radius 2 is 1.89 bits per heavy atom. The molecule has 0 aliphatic heterocycles. The molecule has 0 bridgehead atoms. The van der Waals surface area contributed by atoms with E-state index in [1.165, 1.54) is 5.56 Å². The molecule has 0 saturated heterocycles. The van der Waals surface area contributed by atoms with Crippen LogP contribution >= 0.6 is 0 Å². The molecule has 2 rings (SSSR count). The van der Waals surface area contributed by atoms with Gasteiger partial charge in [-0.3, -0.25) is 10.1 Å². The molecule has 1 N–H and O–H groups in total. The molecular weight excluding hydrogens is 240 g/mol. The lowest BCUT2D eigenvalue weighted by Crippen LogP contribution is -2.07. The molecule has 0 amide bonds. The van der Waals surface area contributed by atoms with E-state index in [2.05, 4.69) is 5.32 Å². The summed E-state index contributed by atoms with van der Waals surface area (Å²) < 4.78 is 0. The Hall–Kier alpha value is -2.36. The number of hydrogen-bond donors (Lipinski definition) is 1. The van der Waals surface area contributed by atoms with Crippen LogP contribution in [0.1, 0.15) is 11.1 Å². The van der Waals surface area contributed by atoms with Crippen LogP contribution in [0.3, 0.4) is 0 Å². The van der Waals surface area contributed by atoms with Gasteiger partial charge in [-0.2, -0.15) is 0 Å². The second-order valence-electron chi connectivity index (χ2n) is 4.44. The van der Waals surface area contributed by atoms with E-state index in [9.17, 15) is 10.1 Å². The van der Waals surface area contributed by atoms with Gasteiger partial charge in [-0.15, -0.1) is 0 Å². The fourth-order valence-electron chi connectivity index (χ4n) is 1.93. The average molecular weight is 256 g/mol. The lowest BCUT2D eigenvalue weighted by atomic mass is 10.1. The van der Waals surface area contributed by atoms with E-state index in [0.717, 1.165) is 12.0 Å². The Morgan fingerprint density at radius 1 is 1.16 bits per heavy atom. The SMILES string of the molecule is Cc1ccc(NCCc2ccccc2)c([N+](=O)[O-])c1. The molecule has 98 valence electrons. The second kappa shape index (κ2) is 6.00. The zero-order valence-corrected chi connectivity index (χ0v) is 10.8. The highest BCUT2D eigenvalue weighted by Crippen LogP contribution is 2.25. The summed E-state index contributed by atoms with van der Waals surface area (Å²) in [6.45, 7) is 2.52. The lowest BCUT2D eigenvalue weighted by Gasteiger charge is -2.07. The molecule has 0 fully saturated rings. The van der Waals surface area contributed by atoms with E-state index < -0.39 is 0 Å². The molecule has 0 spiro atoms. The van der Waals surface area contributed by atoms with Crippen molar-refractivity contribution in [3.63, 3.8) is 0 Å². The molecule has 0 heterocycles. The third-order valence-electron chi connectivity index (χ3n) is 2.92. The molecule has 4 nitrogen and oxygen atoms in total. The quantitative estimate of drug-likeness (QED) is 0.657. The van der Waals surface area contributed by atoms with Gasteiger partial charge in [0, 0.05) is 12.6 Å². The first-order valence-electron chi connectivity index (χ1n) is 6.19. The normalized spacial score (nSPS) is 10.2. The fourth-order valence-corrected chi connectivity index (χ4v) is 1.93. The molecule has 2 aromatic carbocycles. The summed E-state index contributed by atoms with van der Waals surface area (Å²) in [5.41, 5.74) is 2.81. The number of nitro benzene ring substituents is 1. The maximum atomic E-state index is 11.0. The van der Waals surface area contributed by atoms with Gasteiger partial charge in [0.05, 0.1) is 4.92 Å². The van der Waals surface area contributed by atoms with Crippen molar-refractivity contribution in [1.82, 2.24) is 0 Å². The lowest BCUT2D eigenvalue weighted by molar-refractivity contribution is -0.384. The summed E-state index contributed by atoms with van der Waals surface area (Å²) in [5.74, 6) is 0. The Balaban J connectivity index is 2.02. The number of hydrogen-bond acceptors (Lipinski definition) is 3. The first kappa shape index (κ1) is 13.1. The molecule has 2 aromatic rings. The largest absolute Gasteiger partial charge is 0.379 e. The Bertz CT molecular complexity index is 568. The molecule has 0 aromatic heterocycles. The highest BCUT2D eigenvalue weighted by atomic mass is 16.6. The number of nitro groups is 1. The van der Waals surface area contributed by atoms with Gasteiger partial charge in [-0.1, -0.05) is 36.4 Å². The molecule has 0 aliphatic rings. The molecule has 0 radical (unpaired) electrons. The highest BCUT2D eigenvalue weighted by Gasteiger charge is 2.12. The van der Waals surface area contributed by atoms with Crippen LogP contribution in [-0.4, -0.2) is 11.5 Å². The monoisotopic (exact) mass is 256 g/mol. The van der Waals surface area contributed by atoms with Crippen LogP contribution in [0.2, 0.25) is 0 Å². The van der Waals surface area contributed by atoms with Crippen LogP contribution in [-0.2, 0) is 6.42 Å². The number of anilines is 1. The zero-order valence-electron chi connectivity index (χ0n) is 10.8. The van der Waals surface area contributed by atoms with Crippen molar-refractivity contribution in [3.05, 3.63) is 69.8 Å². The molecular formula is C15H16N2O2. The molecule has 0 saturated carbocycles. The van der Waals surface area contributed by atoms with Crippen molar-refractivity contribution in [2.75, 3.05) is 11.9 Å². The second-order valence-corrected chi connectivity index (χ2v) is 4.44. The average Bonchev–Trinajstić information content (AvgIpc) is 2.41. The summed E-state index contributed by atoms with van der Waals surface area (Å²) in [5, 5.41) is 14.1. The van der Waals surface area contributed by atoms with Gasteiger partial charge in [-0.05, 0) is 30.5 Å². The van der Waals surface area contributed by atoms with E-state index in [0.29, 0.717) is 12.2 Å². The van der Waals surface area contributed by atoms with Crippen LogP contribution in [0.15, 0.2) is 48.5 Å². The first-order chi connectivity index (χ1) is 9.16. The number of nitrogens with zero attached hydrogens (tertiary/aromatic N) is 1. The number of nitrogens with one attached hydrogen (secondary N) is 1. The van der Waals surface area contributed by atoms with Crippen LogP contribution in [0.4, 0.5) is 11.4 Å².